The summed E-state index contributed by atoms with van der Waals surface area (Å²) in [5, 5.41) is 21.4. The molecule has 0 unspecified atom stereocenters. The van der Waals surface area contributed by atoms with Crippen molar-refractivity contribution in [1.29, 1.82) is 5.26 Å². The van der Waals surface area contributed by atoms with Gasteiger partial charge in [0.1, 0.15) is 0 Å². The number of hydroxylamine groups is 2. The van der Waals surface area contributed by atoms with E-state index in [1.54, 1.807) is 19.9 Å². The van der Waals surface area contributed by atoms with Gasteiger partial charge in [-0.1, -0.05) is 6.08 Å². The first kappa shape index (κ1) is 9.24. The third kappa shape index (κ3) is 1.04. The van der Waals surface area contributed by atoms with E-state index in [1.807, 2.05) is 13.8 Å². The zero-order chi connectivity index (χ0) is 9.57. The first-order chi connectivity index (χ1) is 5.32. The van der Waals surface area contributed by atoms with Gasteiger partial charge in [0, 0.05) is 16.7 Å². The molecular weight excluding hydrogens is 152 g/mol. The van der Waals surface area contributed by atoms with E-state index >= 15 is 0 Å². The minimum atomic E-state index is -0.668. The zero-order valence-electron chi connectivity index (χ0n) is 7.88. The SMILES string of the molecule is CC1(C)C=C(C#N)C(C)(C)N1[O-]. The van der Waals surface area contributed by atoms with Crippen LogP contribution in [0.4, 0.5) is 0 Å². The van der Waals surface area contributed by atoms with E-state index in [2.05, 4.69) is 6.07 Å². The molecule has 0 atom stereocenters. The van der Waals surface area contributed by atoms with Gasteiger partial charge < -0.3 is 10.3 Å². The lowest BCUT2D eigenvalue weighted by Gasteiger charge is -2.46. The molecule has 0 aliphatic carbocycles. The first-order valence-electron chi connectivity index (χ1n) is 3.93. The minimum absolute atomic E-state index is 0.547. The standard InChI is InChI=1S/C9H13N2O/c1-8(2)5-7(6-10)9(3,4)11(8)12/h5H,1-4H3/q-1. The summed E-state index contributed by atoms with van der Waals surface area (Å²) in [4.78, 5) is 0. The molecule has 1 heterocycles. The molecule has 0 aromatic rings. The maximum Gasteiger partial charge on any atom is 0.0963 e. The highest BCUT2D eigenvalue weighted by molar-refractivity contribution is 5.40. The van der Waals surface area contributed by atoms with Crippen LogP contribution < -0.4 is 0 Å². The van der Waals surface area contributed by atoms with Gasteiger partial charge in [-0.2, -0.15) is 5.26 Å². The summed E-state index contributed by atoms with van der Waals surface area (Å²) in [5.41, 5.74) is -0.658. The molecule has 0 amide bonds. The smallest absolute Gasteiger partial charge is 0.0963 e. The average Bonchev–Trinajstić information content (AvgIpc) is 2.11. The van der Waals surface area contributed by atoms with E-state index in [-0.39, 0.29) is 0 Å². The first-order valence-corrected chi connectivity index (χ1v) is 3.93. The normalized spacial score (nSPS) is 26.5. The van der Waals surface area contributed by atoms with Gasteiger partial charge in [0.05, 0.1) is 6.07 Å². The fourth-order valence-corrected chi connectivity index (χ4v) is 1.59. The molecule has 0 radical (unpaired) electrons. The largest absolute Gasteiger partial charge is 0.784 e. The quantitative estimate of drug-likeness (QED) is 0.550. The predicted octanol–water partition coefficient (Wildman–Crippen LogP) is 1.81. The Morgan fingerprint density at radius 2 is 1.92 bits per heavy atom. The van der Waals surface area contributed by atoms with Crippen molar-refractivity contribution in [3.8, 4) is 6.07 Å². The molecular formula is C9H13N2O-. The van der Waals surface area contributed by atoms with Gasteiger partial charge in [-0.05, 0) is 27.7 Å². The van der Waals surface area contributed by atoms with Crippen molar-refractivity contribution in [2.75, 3.05) is 0 Å². The number of nitriles is 1. The Morgan fingerprint density at radius 1 is 1.42 bits per heavy atom. The molecule has 0 aromatic carbocycles. The third-order valence-corrected chi connectivity index (χ3v) is 2.31. The van der Waals surface area contributed by atoms with Gasteiger partial charge in [0.25, 0.3) is 0 Å². The molecule has 1 aliphatic heterocycles. The van der Waals surface area contributed by atoms with E-state index in [0.717, 1.165) is 5.06 Å². The molecule has 0 saturated heterocycles. The highest BCUT2D eigenvalue weighted by Gasteiger charge is 2.39. The van der Waals surface area contributed by atoms with E-state index in [1.165, 1.54) is 0 Å². The van der Waals surface area contributed by atoms with E-state index in [4.69, 9.17) is 5.26 Å². The summed E-state index contributed by atoms with van der Waals surface area (Å²) in [6.45, 7) is 7.16. The van der Waals surface area contributed by atoms with Gasteiger partial charge in [-0.15, -0.1) is 0 Å². The molecule has 3 heteroatoms. The van der Waals surface area contributed by atoms with Crippen LogP contribution >= 0.6 is 0 Å². The maximum absolute atomic E-state index is 11.6. The number of hydrogen-bond donors (Lipinski definition) is 0. The molecule has 66 valence electrons. The average molecular weight is 165 g/mol. The molecule has 1 rings (SSSR count). The summed E-state index contributed by atoms with van der Waals surface area (Å²) >= 11 is 0. The molecule has 0 aromatic heterocycles. The number of rotatable bonds is 0. The second-order valence-corrected chi connectivity index (χ2v) is 4.18. The van der Waals surface area contributed by atoms with Crippen LogP contribution in [0.1, 0.15) is 27.7 Å². The summed E-state index contributed by atoms with van der Waals surface area (Å²) in [6.07, 6.45) is 1.74. The Kier molecular flexibility index (Phi) is 1.78. The highest BCUT2D eigenvalue weighted by Crippen LogP contribution is 2.38. The Bertz CT molecular complexity index is 271. The van der Waals surface area contributed by atoms with Crippen molar-refractivity contribution >= 4 is 0 Å². The van der Waals surface area contributed by atoms with Crippen LogP contribution in [0.15, 0.2) is 11.6 Å². The van der Waals surface area contributed by atoms with Gasteiger partial charge in [-0.25, -0.2) is 0 Å². The summed E-state index contributed by atoms with van der Waals surface area (Å²) in [5.74, 6) is 0. The molecule has 0 fully saturated rings. The van der Waals surface area contributed by atoms with Crippen LogP contribution in [-0.4, -0.2) is 16.1 Å². The molecule has 0 saturated carbocycles. The van der Waals surface area contributed by atoms with Crippen LogP contribution in [0, 0.1) is 16.5 Å². The van der Waals surface area contributed by atoms with Crippen LogP contribution in [0.5, 0.6) is 0 Å². The van der Waals surface area contributed by atoms with Crippen molar-refractivity contribution in [3.63, 3.8) is 0 Å². The van der Waals surface area contributed by atoms with Crippen LogP contribution in [0.3, 0.4) is 0 Å². The van der Waals surface area contributed by atoms with Gasteiger partial charge in [0.15, 0.2) is 0 Å². The lowest BCUT2D eigenvalue weighted by atomic mass is 9.98. The van der Waals surface area contributed by atoms with Crippen molar-refractivity contribution in [2.24, 2.45) is 0 Å². The van der Waals surface area contributed by atoms with Crippen LogP contribution in [0.2, 0.25) is 0 Å². The van der Waals surface area contributed by atoms with Crippen molar-refractivity contribution in [1.82, 2.24) is 5.06 Å². The third-order valence-electron chi connectivity index (χ3n) is 2.31. The predicted molar refractivity (Wildman–Crippen MR) is 47.1 cm³/mol. The summed E-state index contributed by atoms with van der Waals surface area (Å²) < 4.78 is 0. The second kappa shape index (κ2) is 2.32. The molecule has 12 heavy (non-hydrogen) atoms. The monoisotopic (exact) mass is 165 g/mol. The minimum Gasteiger partial charge on any atom is -0.784 e. The Balaban J connectivity index is 3.14. The fraction of sp³-hybridized carbons (Fsp3) is 0.667. The number of nitrogens with zero attached hydrogens (tertiary/aromatic N) is 2. The molecule has 0 spiro atoms. The van der Waals surface area contributed by atoms with E-state index in [0.29, 0.717) is 5.57 Å². The highest BCUT2D eigenvalue weighted by atomic mass is 16.5. The van der Waals surface area contributed by atoms with Crippen molar-refractivity contribution < 1.29 is 0 Å². The van der Waals surface area contributed by atoms with Crippen molar-refractivity contribution in [3.05, 3.63) is 16.9 Å². The Morgan fingerprint density at radius 3 is 2.08 bits per heavy atom. The van der Waals surface area contributed by atoms with Crippen molar-refractivity contribution in [2.45, 2.75) is 38.8 Å². The fourth-order valence-electron chi connectivity index (χ4n) is 1.59. The topological polar surface area (TPSA) is 50.1 Å². The maximum atomic E-state index is 11.6. The lowest BCUT2D eigenvalue weighted by Crippen LogP contribution is -2.45. The second-order valence-electron chi connectivity index (χ2n) is 4.18. The summed E-state index contributed by atoms with van der Waals surface area (Å²) in [7, 11) is 0. The number of hydrogen-bond acceptors (Lipinski definition) is 3. The van der Waals surface area contributed by atoms with Gasteiger partial charge in [0.2, 0.25) is 0 Å². The van der Waals surface area contributed by atoms with Crippen LogP contribution in [-0.2, 0) is 0 Å². The molecule has 0 bridgehead atoms. The van der Waals surface area contributed by atoms with Gasteiger partial charge in [-0.3, -0.25) is 0 Å². The van der Waals surface area contributed by atoms with Crippen LogP contribution in [0.25, 0.3) is 0 Å². The Labute approximate surface area is 72.9 Å². The molecule has 0 N–H and O–H groups in total. The molecule has 1 aliphatic rings. The molecule has 3 nitrogen and oxygen atoms in total. The lowest BCUT2D eigenvalue weighted by molar-refractivity contribution is 0.161. The zero-order valence-corrected chi connectivity index (χ0v) is 7.88. The summed E-state index contributed by atoms with van der Waals surface area (Å²) in [6, 6.07) is 2.06. The van der Waals surface area contributed by atoms with E-state index < -0.39 is 11.1 Å². The van der Waals surface area contributed by atoms with Gasteiger partial charge >= 0.3 is 0 Å². The van der Waals surface area contributed by atoms with E-state index in [9.17, 15) is 5.21 Å². The Hall–Kier alpha value is -0.850.